The standard InChI is InChI=1S/C26H28N4O4/c1-28(2)15-13-27-25(33)19-10-11-22-23(16-19)29(14-12-24(31)32)26(34)30(22)17-20-8-5-7-18-6-3-4-9-21(18)20/h3-11,16H,12-15,17H2,1-2H3,(H,27,33)(H,31,32). The Balaban J connectivity index is 1.76. The number of carbonyl (C=O) groups is 2. The van der Waals surface area contributed by atoms with Crippen molar-refractivity contribution in [2.75, 3.05) is 27.2 Å². The molecule has 8 nitrogen and oxygen atoms in total. The van der Waals surface area contributed by atoms with Crippen LogP contribution >= 0.6 is 0 Å². The third kappa shape index (κ3) is 4.87. The van der Waals surface area contributed by atoms with Crippen LogP contribution in [0, 0.1) is 0 Å². The van der Waals surface area contributed by atoms with Gasteiger partial charge in [0, 0.05) is 25.2 Å². The van der Waals surface area contributed by atoms with E-state index in [4.69, 9.17) is 0 Å². The summed E-state index contributed by atoms with van der Waals surface area (Å²) in [6.07, 6.45) is -0.188. The Bertz CT molecular complexity index is 1410. The lowest BCUT2D eigenvalue weighted by Crippen LogP contribution is -2.31. The van der Waals surface area contributed by atoms with Gasteiger partial charge < -0.3 is 15.3 Å². The highest BCUT2D eigenvalue weighted by molar-refractivity contribution is 5.97. The third-order valence-corrected chi connectivity index (χ3v) is 5.88. The van der Waals surface area contributed by atoms with Gasteiger partial charge in [0.15, 0.2) is 0 Å². The van der Waals surface area contributed by atoms with Crippen molar-refractivity contribution in [3.05, 3.63) is 82.3 Å². The van der Waals surface area contributed by atoms with E-state index in [-0.39, 0.29) is 24.6 Å². The summed E-state index contributed by atoms with van der Waals surface area (Å²) < 4.78 is 3.10. The summed E-state index contributed by atoms with van der Waals surface area (Å²) in [6, 6.07) is 19.1. The van der Waals surface area contributed by atoms with Crippen molar-refractivity contribution in [1.29, 1.82) is 0 Å². The van der Waals surface area contributed by atoms with Gasteiger partial charge in [-0.25, -0.2) is 4.79 Å². The number of benzene rings is 3. The number of nitrogens with zero attached hydrogens (tertiary/aromatic N) is 3. The van der Waals surface area contributed by atoms with E-state index >= 15 is 0 Å². The molecule has 0 unspecified atom stereocenters. The van der Waals surface area contributed by atoms with Gasteiger partial charge in [0.25, 0.3) is 5.91 Å². The van der Waals surface area contributed by atoms with Crippen molar-refractivity contribution < 1.29 is 14.7 Å². The van der Waals surface area contributed by atoms with Crippen LogP contribution in [0.1, 0.15) is 22.3 Å². The first-order chi connectivity index (χ1) is 16.3. The van der Waals surface area contributed by atoms with E-state index in [9.17, 15) is 19.5 Å². The average molecular weight is 461 g/mol. The summed E-state index contributed by atoms with van der Waals surface area (Å²) in [4.78, 5) is 39.3. The minimum absolute atomic E-state index is 0.0267. The van der Waals surface area contributed by atoms with Crippen LogP contribution in [0.5, 0.6) is 0 Å². The summed E-state index contributed by atoms with van der Waals surface area (Å²) in [5.74, 6) is -1.22. The molecule has 176 valence electrons. The molecule has 3 aromatic carbocycles. The molecule has 0 atom stereocenters. The number of hydrogen-bond donors (Lipinski definition) is 2. The molecule has 0 aliphatic carbocycles. The molecule has 0 saturated heterocycles. The minimum atomic E-state index is -0.987. The predicted octanol–water partition coefficient (Wildman–Crippen LogP) is 2.77. The fourth-order valence-corrected chi connectivity index (χ4v) is 4.13. The Hall–Kier alpha value is -3.91. The number of likely N-dealkylation sites (N-methyl/N-ethyl adjacent to an activating group) is 1. The van der Waals surface area contributed by atoms with Gasteiger partial charge in [0.1, 0.15) is 0 Å². The highest BCUT2D eigenvalue weighted by Gasteiger charge is 2.17. The SMILES string of the molecule is CN(C)CCNC(=O)c1ccc2c(c1)n(CCC(=O)O)c(=O)n2Cc1cccc2ccccc12. The Labute approximate surface area is 197 Å². The number of fused-ring (bicyclic) bond motifs is 2. The fourth-order valence-electron chi connectivity index (χ4n) is 4.13. The lowest BCUT2D eigenvalue weighted by Gasteiger charge is -2.11. The van der Waals surface area contributed by atoms with E-state index < -0.39 is 5.97 Å². The molecule has 8 heteroatoms. The molecule has 4 rings (SSSR count). The topological polar surface area (TPSA) is 96.6 Å². The first-order valence-corrected chi connectivity index (χ1v) is 11.2. The van der Waals surface area contributed by atoms with Gasteiger partial charge in [-0.3, -0.25) is 18.7 Å². The van der Waals surface area contributed by atoms with Crippen LogP contribution < -0.4 is 11.0 Å². The summed E-state index contributed by atoms with van der Waals surface area (Å²) >= 11 is 0. The first kappa shape index (κ1) is 23.3. The van der Waals surface area contributed by atoms with Crippen LogP contribution in [0.2, 0.25) is 0 Å². The number of imidazole rings is 1. The fraction of sp³-hybridized carbons (Fsp3) is 0.269. The number of rotatable bonds is 9. The summed E-state index contributed by atoms with van der Waals surface area (Å²) in [5, 5.41) is 14.2. The summed E-state index contributed by atoms with van der Waals surface area (Å²) in [5.41, 5.74) is 2.33. The van der Waals surface area contributed by atoms with Crippen LogP contribution in [-0.4, -0.2) is 58.2 Å². The molecule has 1 heterocycles. The lowest BCUT2D eigenvalue weighted by atomic mass is 10.0. The second-order valence-electron chi connectivity index (χ2n) is 8.57. The zero-order valence-electron chi connectivity index (χ0n) is 19.3. The largest absolute Gasteiger partial charge is 0.481 e. The van der Waals surface area contributed by atoms with Gasteiger partial charge in [0.2, 0.25) is 0 Å². The van der Waals surface area contributed by atoms with Crippen LogP contribution in [-0.2, 0) is 17.9 Å². The average Bonchev–Trinajstić information content (AvgIpc) is 3.07. The molecule has 0 aliphatic heterocycles. The number of carboxylic acids is 1. The number of nitrogens with one attached hydrogen (secondary N) is 1. The molecule has 2 N–H and O–H groups in total. The summed E-state index contributed by atoms with van der Waals surface area (Å²) in [6.45, 7) is 1.57. The Morgan fingerprint density at radius 1 is 0.971 bits per heavy atom. The van der Waals surface area contributed by atoms with E-state index in [1.165, 1.54) is 4.57 Å². The Kier molecular flexibility index (Phi) is 6.79. The summed E-state index contributed by atoms with van der Waals surface area (Å²) in [7, 11) is 3.86. The lowest BCUT2D eigenvalue weighted by molar-refractivity contribution is -0.137. The first-order valence-electron chi connectivity index (χ1n) is 11.2. The Morgan fingerprint density at radius 3 is 2.50 bits per heavy atom. The zero-order chi connectivity index (χ0) is 24.2. The number of aromatic nitrogens is 2. The van der Waals surface area contributed by atoms with Gasteiger partial charge in [0.05, 0.1) is 24.0 Å². The van der Waals surface area contributed by atoms with Crippen molar-refractivity contribution in [1.82, 2.24) is 19.4 Å². The third-order valence-electron chi connectivity index (χ3n) is 5.88. The van der Waals surface area contributed by atoms with Gasteiger partial charge in [-0.1, -0.05) is 42.5 Å². The quantitative estimate of drug-likeness (QED) is 0.400. The smallest absolute Gasteiger partial charge is 0.329 e. The van der Waals surface area contributed by atoms with Crippen LogP contribution in [0.25, 0.3) is 21.8 Å². The normalized spacial score (nSPS) is 11.4. The van der Waals surface area contributed by atoms with Crippen molar-refractivity contribution in [3.8, 4) is 0 Å². The van der Waals surface area contributed by atoms with Gasteiger partial charge in [-0.05, 0) is 48.6 Å². The number of aliphatic carboxylic acids is 1. The van der Waals surface area contributed by atoms with E-state index in [1.54, 1.807) is 22.8 Å². The molecule has 0 fully saturated rings. The molecule has 0 saturated carbocycles. The van der Waals surface area contributed by atoms with E-state index in [0.717, 1.165) is 16.3 Å². The molecular weight excluding hydrogens is 432 g/mol. The molecule has 0 bridgehead atoms. The van der Waals surface area contributed by atoms with E-state index in [1.807, 2.05) is 61.5 Å². The second kappa shape index (κ2) is 9.93. The van der Waals surface area contributed by atoms with Gasteiger partial charge >= 0.3 is 11.7 Å². The highest BCUT2D eigenvalue weighted by Crippen LogP contribution is 2.22. The second-order valence-corrected chi connectivity index (χ2v) is 8.57. The number of aryl methyl sites for hydroxylation is 1. The Morgan fingerprint density at radius 2 is 1.74 bits per heavy atom. The molecule has 0 aliphatic rings. The number of amides is 1. The number of carbonyl (C=O) groups excluding carboxylic acids is 1. The molecule has 0 spiro atoms. The van der Waals surface area contributed by atoms with Crippen molar-refractivity contribution in [2.24, 2.45) is 0 Å². The molecular formula is C26H28N4O4. The number of hydrogen-bond acceptors (Lipinski definition) is 4. The molecule has 1 amide bonds. The van der Waals surface area contributed by atoms with Gasteiger partial charge in [-0.2, -0.15) is 0 Å². The van der Waals surface area contributed by atoms with E-state index in [2.05, 4.69) is 5.32 Å². The predicted molar refractivity (Wildman–Crippen MR) is 132 cm³/mol. The minimum Gasteiger partial charge on any atom is -0.481 e. The van der Waals surface area contributed by atoms with Crippen LogP contribution in [0.3, 0.4) is 0 Å². The van der Waals surface area contributed by atoms with Gasteiger partial charge in [-0.15, -0.1) is 0 Å². The maximum Gasteiger partial charge on any atom is 0.329 e. The monoisotopic (exact) mass is 460 g/mol. The van der Waals surface area contributed by atoms with Crippen LogP contribution in [0.4, 0.5) is 0 Å². The molecule has 4 aromatic rings. The molecule has 0 radical (unpaired) electrons. The van der Waals surface area contributed by atoms with E-state index in [0.29, 0.717) is 36.2 Å². The highest BCUT2D eigenvalue weighted by atomic mass is 16.4. The maximum atomic E-state index is 13.4. The number of carboxylic acid groups (broad SMARTS) is 1. The zero-order valence-corrected chi connectivity index (χ0v) is 19.3. The van der Waals surface area contributed by atoms with Crippen molar-refractivity contribution in [3.63, 3.8) is 0 Å². The molecule has 34 heavy (non-hydrogen) atoms. The maximum absolute atomic E-state index is 13.4. The molecule has 1 aromatic heterocycles. The van der Waals surface area contributed by atoms with Crippen LogP contribution in [0.15, 0.2) is 65.5 Å². The van der Waals surface area contributed by atoms with Crippen molar-refractivity contribution in [2.45, 2.75) is 19.5 Å². The van der Waals surface area contributed by atoms with Crippen molar-refractivity contribution >= 4 is 33.7 Å².